The van der Waals surface area contributed by atoms with E-state index in [1.165, 1.54) is 12.1 Å². The Hall–Kier alpha value is -1.88. The molecule has 0 heterocycles. The van der Waals surface area contributed by atoms with Gasteiger partial charge in [-0.15, -0.1) is 4.91 Å². The number of hydrogen-bond acceptors (Lipinski definition) is 4. The molecule has 0 aliphatic rings. The van der Waals surface area contributed by atoms with Crippen LogP contribution in [0.1, 0.15) is 15.9 Å². The van der Waals surface area contributed by atoms with Gasteiger partial charge < -0.3 is 5.73 Å². The second kappa shape index (κ2) is 5.11. The van der Waals surface area contributed by atoms with E-state index in [0.29, 0.717) is 13.0 Å². The van der Waals surface area contributed by atoms with Crippen molar-refractivity contribution in [2.45, 2.75) is 6.42 Å². The predicted octanol–water partition coefficient (Wildman–Crippen LogP) is 0.663. The van der Waals surface area contributed by atoms with Crippen LogP contribution in [0.2, 0.25) is 0 Å². The van der Waals surface area contributed by atoms with E-state index in [2.05, 4.69) is 5.18 Å². The van der Waals surface area contributed by atoms with Gasteiger partial charge in [0.1, 0.15) is 0 Å². The minimum Gasteiger partial charge on any atom is -0.330 e. The Morgan fingerprint density at radius 2 is 2.07 bits per heavy atom. The number of hydrogen-bond donors (Lipinski definition) is 1. The van der Waals surface area contributed by atoms with Crippen molar-refractivity contribution in [2.75, 3.05) is 6.54 Å². The molecule has 5 nitrogen and oxygen atoms in total. The monoisotopic (exact) mass is 206 g/mol. The van der Waals surface area contributed by atoms with Crippen LogP contribution in [0.25, 0.3) is 0 Å². The number of benzene rings is 1. The van der Waals surface area contributed by atoms with Gasteiger partial charge in [0.2, 0.25) is 0 Å². The first-order chi connectivity index (χ1) is 7.19. The first-order valence-corrected chi connectivity index (χ1v) is 4.40. The molecule has 15 heavy (non-hydrogen) atoms. The number of amides is 1. The van der Waals surface area contributed by atoms with E-state index in [-0.39, 0.29) is 5.56 Å². The van der Waals surface area contributed by atoms with Crippen LogP contribution < -0.4 is 5.73 Å². The zero-order valence-electron chi connectivity index (χ0n) is 7.97. The fourth-order valence-electron chi connectivity index (χ4n) is 1.20. The van der Waals surface area contributed by atoms with Crippen LogP contribution in [0.5, 0.6) is 0 Å². The molecule has 5 heteroatoms. The summed E-state index contributed by atoms with van der Waals surface area (Å²) in [7, 11) is 0. The van der Waals surface area contributed by atoms with Gasteiger partial charge in [-0.05, 0) is 24.6 Å². The highest BCUT2D eigenvalue weighted by atomic mass is 16.3. The van der Waals surface area contributed by atoms with Crippen molar-refractivity contribution in [3.8, 4) is 0 Å². The highest BCUT2D eigenvalue weighted by Gasteiger charge is 2.16. The van der Waals surface area contributed by atoms with Crippen molar-refractivity contribution in [3.63, 3.8) is 0 Å². The van der Waals surface area contributed by atoms with Gasteiger partial charge in [0.15, 0.2) is 0 Å². The van der Waals surface area contributed by atoms with Crippen LogP contribution >= 0.6 is 0 Å². The van der Waals surface area contributed by atoms with Crippen LogP contribution in [0.15, 0.2) is 29.4 Å². The number of Topliss-reactive ketones (excluding diaryl/α,β-unsaturated/α-hetero) is 1. The minimum absolute atomic E-state index is 0.172. The summed E-state index contributed by atoms with van der Waals surface area (Å²) < 4.78 is 0. The van der Waals surface area contributed by atoms with Gasteiger partial charge in [-0.3, -0.25) is 9.59 Å². The quantitative estimate of drug-likeness (QED) is 0.445. The van der Waals surface area contributed by atoms with Gasteiger partial charge in [-0.2, -0.15) is 0 Å². The Balaban J connectivity index is 2.94. The van der Waals surface area contributed by atoms with Gasteiger partial charge in [-0.1, -0.05) is 18.2 Å². The van der Waals surface area contributed by atoms with Crippen molar-refractivity contribution in [1.29, 1.82) is 0 Å². The van der Waals surface area contributed by atoms with Crippen molar-refractivity contribution in [3.05, 3.63) is 40.3 Å². The molecule has 0 aromatic heterocycles. The third-order valence-electron chi connectivity index (χ3n) is 1.90. The maximum Gasteiger partial charge on any atom is 0.357 e. The zero-order chi connectivity index (χ0) is 11.3. The summed E-state index contributed by atoms with van der Waals surface area (Å²) in [5.41, 5.74) is 6.37. The van der Waals surface area contributed by atoms with Gasteiger partial charge >= 0.3 is 5.91 Å². The normalized spacial score (nSPS) is 9.67. The average Bonchev–Trinajstić information content (AvgIpc) is 2.28. The summed E-state index contributed by atoms with van der Waals surface area (Å²) in [4.78, 5) is 31.9. The molecule has 1 rings (SSSR count). The second-order valence-corrected chi connectivity index (χ2v) is 2.96. The molecule has 0 fully saturated rings. The Kier molecular flexibility index (Phi) is 3.82. The Labute approximate surface area is 86.2 Å². The van der Waals surface area contributed by atoms with Crippen LogP contribution in [0.3, 0.4) is 0 Å². The number of carbonyl (C=O) groups is 2. The standard InChI is InChI=1S/C10H10N2O3/c11-5-4-7-2-1-3-8(6-7)9(13)10(14)12-15/h1-3,6H,4-5,11H2. The van der Waals surface area contributed by atoms with E-state index in [0.717, 1.165) is 5.56 Å². The van der Waals surface area contributed by atoms with Gasteiger partial charge in [-0.25, -0.2) is 0 Å². The Bertz CT molecular complexity index is 401. The Morgan fingerprint density at radius 3 is 2.67 bits per heavy atom. The summed E-state index contributed by atoms with van der Waals surface area (Å²) in [5, 5.41) is 2.08. The number of nitrogens with two attached hydrogens (primary N) is 1. The lowest BCUT2D eigenvalue weighted by Crippen LogP contribution is -2.11. The number of nitroso groups, excluding NO2 is 1. The van der Waals surface area contributed by atoms with E-state index in [1.807, 2.05) is 0 Å². The third-order valence-corrected chi connectivity index (χ3v) is 1.90. The summed E-state index contributed by atoms with van der Waals surface area (Å²) in [6, 6.07) is 6.43. The number of carbonyl (C=O) groups excluding carboxylic acids is 2. The van der Waals surface area contributed by atoms with E-state index in [4.69, 9.17) is 5.73 Å². The fourth-order valence-corrected chi connectivity index (χ4v) is 1.20. The van der Waals surface area contributed by atoms with E-state index in [9.17, 15) is 14.5 Å². The van der Waals surface area contributed by atoms with Crippen molar-refractivity contribution in [2.24, 2.45) is 10.9 Å². The summed E-state index contributed by atoms with van der Waals surface area (Å²) >= 11 is 0. The second-order valence-electron chi connectivity index (χ2n) is 2.96. The highest BCUT2D eigenvalue weighted by Crippen LogP contribution is 2.07. The summed E-state index contributed by atoms with van der Waals surface area (Å²) in [5.74, 6) is -2.16. The van der Waals surface area contributed by atoms with Crippen LogP contribution in [0, 0.1) is 4.91 Å². The van der Waals surface area contributed by atoms with Crippen LogP contribution in [-0.4, -0.2) is 18.2 Å². The number of rotatable bonds is 4. The molecule has 0 radical (unpaired) electrons. The van der Waals surface area contributed by atoms with Gasteiger partial charge in [0.05, 0.1) is 0 Å². The van der Waals surface area contributed by atoms with Crippen LogP contribution in [-0.2, 0) is 11.2 Å². The number of nitrogens with zero attached hydrogens (tertiary/aromatic N) is 1. The van der Waals surface area contributed by atoms with Crippen molar-refractivity contribution >= 4 is 11.7 Å². The summed E-state index contributed by atoms with van der Waals surface area (Å²) in [6.07, 6.45) is 0.615. The molecule has 0 saturated carbocycles. The molecule has 1 amide bonds. The Morgan fingerprint density at radius 1 is 1.33 bits per heavy atom. The molecule has 0 unspecified atom stereocenters. The molecule has 1 aromatic rings. The zero-order valence-corrected chi connectivity index (χ0v) is 7.97. The molecule has 78 valence electrons. The minimum atomic E-state index is -1.28. The van der Waals surface area contributed by atoms with Gasteiger partial charge in [0.25, 0.3) is 5.78 Å². The van der Waals surface area contributed by atoms with E-state index in [1.54, 1.807) is 12.1 Å². The molecular formula is C10H10N2O3. The summed E-state index contributed by atoms with van der Waals surface area (Å²) in [6.45, 7) is 0.456. The topological polar surface area (TPSA) is 89.6 Å². The van der Waals surface area contributed by atoms with E-state index >= 15 is 0 Å². The first kappa shape index (κ1) is 11.2. The maximum atomic E-state index is 11.3. The molecule has 1 aromatic carbocycles. The molecule has 2 N–H and O–H groups in total. The molecule has 0 bridgehead atoms. The molecular weight excluding hydrogens is 196 g/mol. The third kappa shape index (κ3) is 2.78. The highest BCUT2D eigenvalue weighted by molar-refractivity contribution is 6.43. The largest absolute Gasteiger partial charge is 0.357 e. The van der Waals surface area contributed by atoms with Crippen LogP contribution in [0.4, 0.5) is 0 Å². The molecule has 0 atom stereocenters. The molecule has 0 saturated heterocycles. The lowest BCUT2D eigenvalue weighted by Gasteiger charge is -2.00. The van der Waals surface area contributed by atoms with Crippen molar-refractivity contribution < 1.29 is 9.59 Å². The van der Waals surface area contributed by atoms with Crippen molar-refractivity contribution in [1.82, 2.24) is 0 Å². The molecule has 0 spiro atoms. The van der Waals surface area contributed by atoms with E-state index < -0.39 is 11.7 Å². The molecule has 0 aliphatic carbocycles. The smallest absolute Gasteiger partial charge is 0.330 e. The SMILES string of the molecule is NCCc1cccc(C(=O)C(=O)N=O)c1. The average molecular weight is 206 g/mol. The fraction of sp³-hybridized carbons (Fsp3) is 0.200. The predicted molar refractivity (Wildman–Crippen MR) is 54.3 cm³/mol. The lowest BCUT2D eigenvalue weighted by atomic mass is 10.1. The van der Waals surface area contributed by atoms with Gasteiger partial charge in [0, 0.05) is 10.7 Å². The molecule has 0 aliphatic heterocycles. The maximum absolute atomic E-state index is 11.3. The first-order valence-electron chi connectivity index (χ1n) is 4.40. The number of ketones is 1. The lowest BCUT2D eigenvalue weighted by molar-refractivity contribution is -0.114.